The summed E-state index contributed by atoms with van der Waals surface area (Å²) in [5.74, 6) is -0.664. The van der Waals surface area contributed by atoms with Gasteiger partial charge in [-0.25, -0.2) is 0 Å². The van der Waals surface area contributed by atoms with Crippen LogP contribution < -0.4 is 15.6 Å². The summed E-state index contributed by atoms with van der Waals surface area (Å²) in [6, 6.07) is 17.8. The van der Waals surface area contributed by atoms with Gasteiger partial charge < -0.3 is 4.74 Å². The molecule has 1 heterocycles. The lowest BCUT2D eigenvalue weighted by Crippen LogP contribution is -2.47. The van der Waals surface area contributed by atoms with Gasteiger partial charge in [-0.05, 0) is 25.1 Å². The highest BCUT2D eigenvalue weighted by Gasteiger charge is 2.18. The molecule has 1 unspecified atom stereocenters. The minimum Gasteiger partial charge on any atom is -0.479 e. The van der Waals surface area contributed by atoms with Crippen molar-refractivity contribution in [3.05, 3.63) is 71.4 Å². The van der Waals surface area contributed by atoms with Crippen molar-refractivity contribution < 1.29 is 14.3 Å². The van der Waals surface area contributed by atoms with Crippen LogP contribution in [0, 0.1) is 0 Å². The molecule has 0 spiro atoms. The number of aromatic nitrogens is 2. The van der Waals surface area contributed by atoms with Crippen molar-refractivity contribution in [1.29, 1.82) is 0 Å². The minimum absolute atomic E-state index is 0.217. The highest BCUT2D eigenvalue weighted by molar-refractivity contribution is 6.32. The predicted octanol–water partition coefficient (Wildman–Crippen LogP) is 2.96. The third-order valence-electron chi connectivity index (χ3n) is 3.70. The van der Waals surface area contributed by atoms with Crippen LogP contribution in [0.2, 0.25) is 5.02 Å². The summed E-state index contributed by atoms with van der Waals surface area (Å²) in [6.45, 7) is 1.55. The first-order valence-corrected chi connectivity index (χ1v) is 8.54. The second-order valence-electron chi connectivity index (χ2n) is 5.67. The molecule has 0 aliphatic heterocycles. The van der Waals surface area contributed by atoms with Gasteiger partial charge in [0.1, 0.15) is 11.4 Å². The maximum absolute atomic E-state index is 12.2. The number of ether oxygens (including phenoxy) is 1. The number of halogens is 1. The number of rotatable bonds is 5. The fourth-order valence-electron chi connectivity index (χ4n) is 2.27. The van der Waals surface area contributed by atoms with Gasteiger partial charge in [0.15, 0.2) is 6.10 Å². The van der Waals surface area contributed by atoms with Crippen LogP contribution >= 0.6 is 11.6 Å². The molecule has 0 radical (unpaired) electrons. The first kappa shape index (κ1) is 18.5. The molecule has 0 aliphatic carbocycles. The molecule has 2 aromatic carbocycles. The number of hydrogen-bond donors (Lipinski definition) is 3. The maximum atomic E-state index is 12.2. The first-order chi connectivity index (χ1) is 13.0. The van der Waals surface area contributed by atoms with Gasteiger partial charge >= 0.3 is 0 Å². The lowest BCUT2D eigenvalue weighted by Gasteiger charge is -2.15. The molecule has 0 fully saturated rings. The molecular weight excluding hydrogens is 368 g/mol. The number of benzene rings is 2. The Morgan fingerprint density at radius 2 is 1.78 bits per heavy atom. The van der Waals surface area contributed by atoms with Gasteiger partial charge in [0, 0.05) is 5.56 Å². The summed E-state index contributed by atoms with van der Waals surface area (Å²) in [6.07, 6.45) is -0.855. The molecule has 3 aromatic rings. The molecule has 1 atom stereocenters. The highest BCUT2D eigenvalue weighted by atomic mass is 35.5. The van der Waals surface area contributed by atoms with Crippen LogP contribution in [0.5, 0.6) is 5.75 Å². The van der Waals surface area contributed by atoms with Gasteiger partial charge in [0.2, 0.25) is 0 Å². The number of para-hydroxylation sites is 1. The van der Waals surface area contributed by atoms with E-state index in [1.54, 1.807) is 37.3 Å². The third kappa shape index (κ3) is 4.65. The van der Waals surface area contributed by atoms with Gasteiger partial charge in [0.25, 0.3) is 11.8 Å². The summed E-state index contributed by atoms with van der Waals surface area (Å²) < 4.78 is 5.49. The first-order valence-electron chi connectivity index (χ1n) is 8.17. The summed E-state index contributed by atoms with van der Waals surface area (Å²) >= 11 is 6.00. The van der Waals surface area contributed by atoms with Gasteiger partial charge in [-0.1, -0.05) is 54.1 Å². The second kappa shape index (κ2) is 8.37. The molecular formula is C19H17ClN4O3. The molecule has 138 valence electrons. The van der Waals surface area contributed by atoms with Gasteiger partial charge in [-0.15, -0.1) is 0 Å². The van der Waals surface area contributed by atoms with Gasteiger partial charge in [0.05, 0.1) is 10.7 Å². The summed E-state index contributed by atoms with van der Waals surface area (Å²) in [5, 5.41) is 7.14. The predicted molar refractivity (Wildman–Crippen MR) is 101 cm³/mol. The quantitative estimate of drug-likeness (QED) is 0.589. The van der Waals surface area contributed by atoms with E-state index in [1.165, 1.54) is 0 Å². The SMILES string of the molecule is CC(Oc1ccccc1Cl)C(=O)NNC(=O)c1cc(-c2ccccc2)n[nH]1. The molecule has 2 amide bonds. The molecule has 0 saturated carbocycles. The Kier molecular flexibility index (Phi) is 5.73. The van der Waals surface area contributed by atoms with Crippen LogP contribution in [-0.2, 0) is 4.79 Å². The summed E-state index contributed by atoms with van der Waals surface area (Å²) in [7, 11) is 0. The van der Waals surface area contributed by atoms with Crippen LogP contribution in [0.1, 0.15) is 17.4 Å². The summed E-state index contributed by atoms with van der Waals surface area (Å²) in [4.78, 5) is 24.3. The Morgan fingerprint density at radius 3 is 2.52 bits per heavy atom. The van der Waals surface area contributed by atoms with Crippen molar-refractivity contribution in [2.24, 2.45) is 0 Å². The second-order valence-corrected chi connectivity index (χ2v) is 6.07. The largest absolute Gasteiger partial charge is 0.479 e. The fraction of sp³-hybridized carbons (Fsp3) is 0.105. The van der Waals surface area contributed by atoms with Crippen LogP contribution in [0.4, 0.5) is 0 Å². The van der Waals surface area contributed by atoms with E-state index in [1.807, 2.05) is 30.3 Å². The van der Waals surface area contributed by atoms with Crippen LogP contribution in [-0.4, -0.2) is 28.1 Å². The number of H-pyrrole nitrogens is 1. The maximum Gasteiger partial charge on any atom is 0.287 e. The molecule has 3 N–H and O–H groups in total. The van der Waals surface area contributed by atoms with E-state index in [4.69, 9.17) is 16.3 Å². The van der Waals surface area contributed by atoms with Crippen molar-refractivity contribution in [2.75, 3.05) is 0 Å². The lowest BCUT2D eigenvalue weighted by atomic mass is 10.1. The van der Waals surface area contributed by atoms with E-state index in [0.29, 0.717) is 16.5 Å². The molecule has 0 aliphatic rings. The zero-order chi connectivity index (χ0) is 19.2. The fourth-order valence-corrected chi connectivity index (χ4v) is 2.45. The van der Waals surface area contributed by atoms with E-state index in [2.05, 4.69) is 21.0 Å². The number of nitrogens with zero attached hydrogens (tertiary/aromatic N) is 1. The van der Waals surface area contributed by atoms with Crippen molar-refractivity contribution in [3.63, 3.8) is 0 Å². The molecule has 8 heteroatoms. The average Bonchev–Trinajstić information content (AvgIpc) is 3.18. The Hall–Kier alpha value is -3.32. The number of aromatic amines is 1. The number of nitrogens with one attached hydrogen (secondary N) is 3. The van der Waals surface area contributed by atoms with Crippen molar-refractivity contribution in [3.8, 4) is 17.0 Å². The van der Waals surface area contributed by atoms with Crippen molar-refractivity contribution in [2.45, 2.75) is 13.0 Å². The normalized spacial score (nSPS) is 11.5. The monoisotopic (exact) mass is 384 g/mol. The molecule has 3 rings (SSSR count). The molecule has 7 nitrogen and oxygen atoms in total. The Labute approximate surface area is 160 Å². The Balaban J connectivity index is 1.55. The highest BCUT2D eigenvalue weighted by Crippen LogP contribution is 2.24. The van der Waals surface area contributed by atoms with Crippen LogP contribution in [0.3, 0.4) is 0 Å². The average molecular weight is 385 g/mol. The van der Waals surface area contributed by atoms with Crippen LogP contribution in [0.25, 0.3) is 11.3 Å². The number of carbonyl (C=O) groups is 2. The Bertz CT molecular complexity index is 943. The summed E-state index contributed by atoms with van der Waals surface area (Å²) in [5.41, 5.74) is 6.35. The van der Waals surface area contributed by atoms with Crippen LogP contribution in [0.15, 0.2) is 60.7 Å². The third-order valence-corrected chi connectivity index (χ3v) is 4.01. The number of hydrogen-bond acceptors (Lipinski definition) is 4. The molecule has 27 heavy (non-hydrogen) atoms. The number of carbonyl (C=O) groups excluding carboxylic acids is 2. The van der Waals surface area contributed by atoms with E-state index >= 15 is 0 Å². The van der Waals surface area contributed by atoms with E-state index in [-0.39, 0.29) is 5.69 Å². The zero-order valence-corrected chi connectivity index (χ0v) is 15.2. The van der Waals surface area contributed by atoms with Crippen molar-refractivity contribution in [1.82, 2.24) is 21.0 Å². The molecule has 1 aromatic heterocycles. The van der Waals surface area contributed by atoms with Gasteiger partial charge in [-0.2, -0.15) is 5.10 Å². The van der Waals surface area contributed by atoms with E-state index in [9.17, 15) is 9.59 Å². The van der Waals surface area contributed by atoms with E-state index in [0.717, 1.165) is 5.56 Å². The molecule has 0 bridgehead atoms. The smallest absolute Gasteiger partial charge is 0.287 e. The minimum atomic E-state index is -0.855. The topological polar surface area (TPSA) is 96.1 Å². The standard InChI is InChI=1S/C19H17ClN4O3/c1-12(27-17-10-6-5-9-14(17)20)18(25)23-24-19(26)16-11-15(21-22-16)13-7-3-2-4-8-13/h2-12H,1H3,(H,21,22)(H,23,25)(H,24,26). The number of amides is 2. The Morgan fingerprint density at radius 1 is 1.07 bits per heavy atom. The van der Waals surface area contributed by atoms with Crippen molar-refractivity contribution >= 4 is 23.4 Å². The number of hydrazine groups is 1. The van der Waals surface area contributed by atoms with E-state index < -0.39 is 17.9 Å². The lowest BCUT2D eigenvalue weighted by molar-refractivity contribution is -0.128. The molecule has 0 saturated heterocycles. The zero-order valence-electron chi connectivity index (χ0n) is 14.4. The van der Waals surface area contributed by atoms with Gasteiger partial charge in [-0.3, -0.25) is 25.5 Å².